The molecule has 0 bridgehead atoms. The van der Waals surface area contributed by atoms with E-state index in [1.807, 2.05) is 44.6 Å². The van der Waals surface area contributed by atoms with Gasteiger partial charge in [0.15, 0.2) is 0 Å². The van der Waals surface area contributed by atoms with Crippen molar-refractivity contribution in [3.63, 3.8) is 0 Å². The molecule has 0 saturated carbocycles. The van der Waals surface area contributed by atoms with Crippen molar-refractivity contribution in [3.8, 4) is 22.4 Å². The predicted molar refractivity (Wildman–Crippen MR) is 124 cm³/mol. The average molecular weight is 433 g/mol. The van der Waals surface area contributed by atoms with Gasteiger partial charge in [0.1, 0.15) is 12.4 Å². The molecule has 0 unspecified atom stereocenters. The van der Waals surface area contributed by atoms with E-state index in [1.54, 1.807) is 28.5 Å². The molecule has 2 aromatic carbocycles. The molecule has 5 aromatic rings. The normalized spacial score (nSPS) is 11.6. The van der Waals surface area contributed by atoms with Gasteiger partial charge in [-0.1, -0.05) is 29.8 Å². The molecule has 5 rings (SSSR count). The van der Waals surface area contributed by atoms with E-state index in [2.05, 4.69) is 27.9 Å². The number of aromatic nitrogens is 4. The van der Waals surface area contributed by atoms with Gasteiger partial charge in [-0.05, 0) is 42.0 Å². The molecule has 0 fully saturated rings. The molecule has 0 atom stereocenters. The van der Waals surface area contributed by atoms with Crippen molar-refractivity contribution >= 4 is 33.5 Å². The van der Waals surface area contributed by atoms with Crippen molar-refractivity contribution in [2.45, 2.75) is 6.73 Å². The highest BCUT2D eigenvalue weighted by molar-refractivity contribution is 6.30. The van der Waals surface area contributed by atoms with E-state index < -0.39 is 0 Å². The predicted octanol–water partition coefficient (Wildman–Crippen LogP) is 4.82. The second-order valence-corrected chi connectivity index (χ2v) is 8.05. The largest absolute Gasteiger partial charge is 0.362 e. The summed E-state index contributed by atoms with van der Waals surface area (Å²) in [6.45, 7) is 0.406. The zero-order chi connectivity index (χ0) is 21.7. The monoisotopic (exact) mass is 432 g/mol. The lowest BCUT2D eigenvalue weighted by Crippen LogP contribution is -2.20. The summed E-state index contributed by atoms with van der Waals surface area (Å²) < 4.78 is 10.7. The molecule has 31 heavy (non-hydrogen) atoms. The second-order valence-electron chi connectivity index (χ2n) is 7.62. The van der Waals surface area contributed by atoms with Gasteiger partial charge in [0, 0.05) is 54.3 Å². The number of rotatable bonds is 4. The van der Waals surface area contributed by atoms with Gasteiger partial charge >= 0.3 is 0 Å². The molecule has 0 spiro atoms. The van der Waals surface area contributed by atoms with Gasteiger partial charge in [0.05, 0.1) is 11.2 Å². The van der Waals surface area contributed by atoms with E-state index in [9.17, 15) is 4.79 Å². The van der Waals surface area contributed by atoms with Crippen LogP contribution in [0.5, 0.6) is 0 Å². The molecular weight excluding hydrogens is 412 g/mol. The summed E-state index contributed by atoms with van der Waals surface area (Å²) in [6.07, 6.45) is 1.90. The lowest BCUT2D eigenvalue weighted by atomic mass is 10.0. The quantitative estimate of drug-likeness (QED) is 0.409. The molecule has 0 aliphatic carbocycles. The van der Waals surface area contributed by atoms with Crippen molar-refractivity contribution in [2.75, 3.05) is 7.11 Å². The Labute approximate surface area is 183 Å². The third-order valence-corrected chi connectivity index (χ3v) is 5.95. The minimum Gasteiger partial charge on any atom is -0.362 e. The van der Waals surface area contributed by atoms with Crippen molar-refractivity contribution in [3.05, 3.63) is 76.2 Å². The van der Waals surface area contributed by atoms with Crippen LogP contribution in [-0.2, 0) is 25.6 Å². The van der Waals surface area contributed by atoms with Crippen LogP contribution in [0.15, 0.2) is 65.6 Å². The van der Waals surface area contributed by atoms with Crippen LogP contribution in [0.1, 0.15) is 0 Å². The average Bonchev–Trinajstić information content (AvgIpc) is 3.34. The highest BCUT2D eigenvalue weighted by Gasteiger charge is 2.17. The van der Waals surface area contributed by atoms with Crippen LogP contribution in [-0.4, -0.2) is 26.0 Å². The van der Waals surface area contributed by atoms with E-state index >= 15 is 0 Å². The van der Waals surface area contributed by atoms with Crippen molar-refractivity contribution in [1.82, 2.24) is 18.9 Å². The Kier molecular flexibility index (Phi) is 4.68. The van der Waals surface area contributed by atoms with Crippen LogP contribution in [0.3, 0.4) is 0 Å². The SMILES string of the molecule is COCn1ccc(-c2ccc3c(c2)c2cc(-c4ccc(Cl)cc4)c(=O)n(C)c2n3C)n1. The minimum absolute atomic E-state index is 0.0424. The van der Waals surface area contributed by atoms with Crippen LogP contribution < -0.4 is 5.56 Å². The number of fused-ring (bicyclic) bond motifs is 3. The first-order chi connectivity index (χ1) is 15.0. The molecule has 0 aliphatic heterocycles. The Morgan fingerprint density at radius 3 is 2.42 bits per heavy atom. The summed E-state index contributed by atoms with van der Waals surface area (Å²) >= 11 is 6.04. The van der Waals surface area contributed by atoms with Gasteiger partial charge in [-0.15, -0.1) is 0 Å². The Bertz CT molecular complexity index is 1490. The molecule has 7 heteroatoms. The topological polar surface area (TPSA) is 54.0 Å². The molecule has 0 N–H and O–H groups in total. The van der Waals surface area contributed by atoms with Crippen LogP contribution in [0.25, 0.3) is 44.3 Å². The molecule has 0 saturated heterocycles. The maximum atomic E-state index is 13.1. The zero-order valence-corrected chi connectivity index (χ0v) is 18.2. The maximum Gasteiger partial charge on any atom is 0.259 e. The first-order valence-corrected chi connectivity index (χ1v) is 10.3. The Morgan fingerprint density at radius 2 is 1.68 bits per heavy atom. The fourth-order valence-corrected chi connectivity index (χ4v) is 4.33. The highest BCUT2D eigenvalue weighted by Crippen LogP contribution is 2.33. The molecule has 0 radical (unpaired) electrons. The Hall–Kier alpha value is -3.35. The third kappa shape index (κ3) is 3.15. The van der Waals surface area contributed by atoms with Gasteiger partial charge in [-0.3, -0.25) is 9.36 Å². The number of ether oxygens (including phenoxy) is 1. The number of benzene rings is 2. The van der Waals surface area contributed by atoms with Gasteiger partial charge < -0.3 is 9.30 Å². The molecular formula is C24H21ClN4O2. The summed E-state index contributed by atoms with van der Waals surface area (Å²) in [7, 11) is 5.45. The van der Waals surface area contributed by atoms with E-state index in [0.717, 1.165) is 38.8 Å². The number of aryl methyl sites for hydroxylation is 2. The summed E-state index contributed by atoms with van der Waals surface area (Å²) in [5.41, 5.74) is 5.26. The Balaban J connectivity index is 1.76. The third-order valence-electron chi connectivity index (χ3n) is 5.70. The fourth-order valence-electron chi connectivity index (χ4n) is 4.21. The summed E-state index contributed by atoms with van der Waals surface area (Å²) in [6, 6.07) is 17.6. The second kappa shape index (κ2) is 7.41. The van der Waals surface area contributed by atoms with Crippen molar-refractivity contribution < 1.29 is 4.74 Å². The minimum atomic E-state index is -0.0424. The van der Waals surface area contributed by atoms with Crippen LogP contribution in [0.4, 0.5) is 0 Å². The zero-order valence-electron chi connectivity index (χ0n) is 17.5. The number of hydrogen-bond acceptors (Lipinski definition) is 3. The lowest BCUT2D eigenvalue weighted by Gasteiger charge is -2.08. The van der Waals surface area contributed by atoms with Gasteiger partial charge in [-0.25, -0.2) is 4.68 Å². The molecule has 3 heterocycles. The van der Waals surface area contributed by atoms with Crippen LogP contribution in [0, 0.1) is 0 Å². The molecule has 6 nitrogen and oxygen atoms in total. The summed E-state index contributed by atoms with van der Waals surface area (Å²) in [5, 5.41) is 7.32. The van der Waals surface area contributed by atoms with E-state index in [-0.39, 0.29) is 5.56 Å². The lowest BCUT2D eigenvalue weighted by molar-refractivity contribution is 0.121. The molecule has 3 aromatic heterocycles. The highest BCUT2D eigenvalue weighted by atomic mass is 35.5. The fraction of sp³-hybridized carbons (Fsp3) is 0.167. The Morgan fingerprint density at radius 1 is 0.935 bits per heavy atom. The first kappa shape index (κ1) is 19.6. The molecule has 0 amide bonds. The van der Waals surface area contributed by atoms with E-state index in [4.69, 9.17) is 16.3 Å². The van der Waals surface area contributed by atoms with Crippen molar-refractivity contribution in [1.29, 1.82) is 0 Å². The number of methoxy groups -OCH3 is 1. The van der Waals surface area contributed by atoms with Crippen LogP contribution in [0.2, 0.25) is 5.02 Å². The van der Waals surface area contributed by atoms with Crippen molar-refractivity contribution in [2.24, 2.45) is 14.1 Å². The summed E-state index contributed by atoms with van der Waals surface area (Å²) in [4.78, 5) is 13.1. The number of hydrogen-bond donors (Lipinski definition) is 0. The van der Waals surface area contributed by atoms with Gasteiger partial charge in [-0.2, -0.15) is 5.10 Å². The number of pyridine rings is 1. The first-order valence-electron chi connectivity index (χ1n) is 9.89. The summed E-state index contributed by atoms with van der Waals surface area (Å²) in [5.74, 6) is 0. The molecule has 156 valence electrons. The van der Waals surface area contributed by atoms with Crippen LogP contribution >= 0.6 is 11.6 Å². The standard InChI is InChI=1S/C24H21ClN4O2/c1-27-22-9-6-16(21-10-11-29(26-21)14-31-3)12-19(22)20-13-18(24(30)28(2)23(20)27)15-4-7-17(25)8-5-15/h4-13H,14H2,1-3H3. The van der Waals surface area contributed by atoms with E-state index in [0.29, 0.717) is 17.3 Å². The van der Waals surface area contributed by atoms with Gasteiger partial charge in [0.25, 0.3) is 5.56 Å². The molecule has 0 aliphatic rings. The maximum absolute atomic E-state index is 13.1. The number of nitrogens with zero attached hydrogens (tertiary/aromatic N) is 4. The van der Waals surface area contributed by atoms with E-state index in [1.165, 1.54) is 0 Å². The van der Waals surface area contributed by atoms with Gasteiger partial charge in [0.2, 0.25) is 0 Å². The number of halogens is 1. The smallest absolute Gasteiger partial charge is 0.259 e.